The standard InChI is InChI=1S/C43H49Cl2N7O7S/c1-43(2)16-15-31(34(27-43)29-9-11-32(44)12-10-29)28-49-19-21-50(22-20-49)40-38(60(57,58)47-42(54)30-7-5-4-6-8-30)26-37(59-36-14-13-33(53)25-35(36)45)39(41(40)52(55)56)46-51-23-17-48(3)18-24-51/h4-14,25-26,46,53H,15-24,27-28H2,1-3H3,(H,47,54). The largest absolute Gasteiger partial charge is 0.508 e. The highest BCUT2D eigenvalue weighted by Gasteiger charge is 2.39. The van der Waals surface area contributed by atoms with Gasteiger partial charge in [-0.05, 0) is 79.3 Å². The van der Waals surface area contributed by atoms with E-state index in [-0.39, 0.29) is 57.7 Å². The van der Waals surface area contributed by atoms with Crippen molar-refractivity contribution in [2.45, 2.75) is 38.0 Å². The van der Waals surface area contributed by atoms with Gasteiger partial charge in [0.1, 0.15) is 22.1 Å². The van der Waals surface area contributed by atoms with Crippen LogP contribution in [0, 0.1) is 15.5 Å². The SMILES string of the molecule is CN1CCN(Nc2c(Oc3ccc(O)cc3Cl)cc(S(=O)(=O)NC(=O)c3ccccc3)c(N3CCN(CC4=C(c5ccc(Cl)cc5)CC(C)(C)CC4)CC3)c2[N+](=O)[O-])CC1. The summed E-state index contributed by atoms with van der Waals surface area (Å²) in [4.78, 5) is 31.9. The number of aromatic hydroxyl groups is 1. The molecule has 17 heteroatoms. The minimum absolute atomic E-state index is 0.0129. The number of nitro benzene ring substituents is 1. The molecule has 0 aromatic heterocycles. The van der Waals surface area contributed by atoms with Gasteiger partial charge in [0.05, 0.1) is 9.95 Å². The number of benzene rings is 4. The third-order valence-corrected chi connectivity index (χ3v) is 13.2. The van der Waals surface area contributed by atoms with E-state index in [1.54, 1.807) is 23.1 Å². The average Bonchev–Trinajstić information content (AvgIpc) is 3.21. The highest BCUT2D eigenvalue weighted by atomic mass is 35.5. The first-order chi connectivity index (χ1) is 28.6. The van der Waals surface area contributed by atoms with Crippen molar-refractivity contribution in [3.05, 3.63) is 116 Å². The van der Waals surface area contributed by atoms with Gasteiger partial charge in [-0.2, -0.15) is 0 Å². The summed E-state index contributed by atoms with van der Waals surface area (Å²) in [5.41, 5.74) is 6.40. The number of phenols is 1. The van der Waals surface area contributed by atoms with E-state index in [9.17, 15) is 28.4 Å². The molecule has 0 spiro atoms. The number of rotatable bonds is 12. The van der Waals surface area contributed by atoms with Crippen molar-refractivity contribution < 1.29 is 28.0 Å². The van der Waals surface area contributed by atoms with Crippen LogP contribution in [0.25, 0.3) is 5.57 Å². The highest BCUT2D eigenvalue weighted by Crippen LogP contribution is 2.50. The molecule has 0 saturated carbocycles. The summed E-state index contributed by atoms with van der Waals surface area (Å²) in [6.45, 7) is 9.06. The van der Waals surface area contributed by atoms with Gasteiger partial charge in [-0.15, -0.1) is 0 Å². The zero-order valence-electron chi connectivity index (χ0n) is 33.8. The van der Waals surface area contributed by atoms with Gasteiger partial charge in [0.25, 0.3) is 15.9 Å². The summed E-state index contributed by atoms with van der Waals surface area (Å²) in [5.74, 6) is -1.25. The number of hydrogen-bond acceptors (Lipinski definition) is 12. The first-order valence-electron chi connectivity index (χ1n) is 19.8. The number of nitrogens with one attached hydrogen (secondary N) is 2. The number of sulfonamides is 1. The number of hydrazine groups is 1. The van der Waals surface area contributed by atoms with E-state index in [0.717, 1.165) is 24.8 Å². The molecule has 3 aliphatic rings. The lowest BCUT2D eigenvalue weighted by Crippen LogP contribution is -2.48. The van der Waals surface area contributed by atoms with Crippen LogP contribution >= 0.6 is 23.2 Å². The molecule has 2 saturated heterocycles. The van der Waals surface area contributed by atoms with Crippen LogP contribution in [0.2, 0.25) is 10.0 Å². The lowest BCUT2D eigenvalue weighted by atomic mass is 9.72. The van der Waals surface area contributed by atoms with E-state index in [1.807, 2.05) is 24.2 Å². The predicted molar refractivity (Wildman–Crippen MR) is 235 cm³/mol. The molecule has 0 radical (unpaired) electrons. The second-order valence-corrected chi connectivity index (χ2v) is 18.8. The molecule has 1 amide bonds. The van der Waals surface area contributed by atoms with Crippen molar-refractivity contribution in [2.24, 2.45) is 5.41 Å². The summed E-state index contributed by atoms with van der Waals surface area (Å²) in [6.07, 6.45) is 2.88. The summed E-state index contributed by atoms with van der Waals surface area (Å²) >= 11 is 12.7. The van der Waals surface area contributed by atoms with Crippen molar-refractivity contribution >= 4 is 61.8 Å². The van der Waals surface area contributed by atoms with Gasteiger partial charge in [0, 0.05) is 81.6 Å². The fourth-order valence-electron chi connectivity index (χ4n) is 7.94. The van der Waals surface area contributed by atoms with Crippen LogP contribution in [0.5, 0.6) is 17.2 Å². The zero-order valence-corrected chi connectivity index (χ0v) is 36.1. The molecule has 318 valence electrons. The molecule has 14 nitrogen and oxygen atoms in total. The number of likely N-dealkylation sites (N-methyl/N-ethyl adjacent to an activating group) is 1. The molecule has 2 aliphatic heterocycles. The zero-order chi connectivity index (χ0) is 42.8. The molecule has 4 aromatic carbocycles. The lowest BCUT2D eigenvalue weighted by molar-refractivity contribution is -0.383. The number of amides is 1. The Morgan fingerprint density at radius 3 is 2.25 bits per heavy atom. The molecule has 0 atom stereocenters. The van der Waals surface area contributed by atoms with E-state index in [4.69, 9.17) is 27.9 Å². The van der Waals surface area contributed by atoms with Crippen LogP contribution in [0.4, 0.5) is 17.1 Å². The number of ether oxygens (including phenoxy) is 1. The van der Waals surface area contributed by atoms with E-state index in [2.05, 4.69) is 45.9 Å². The summed E-state index contributed by atoms with van der Waals surface area (Å²) in [6, 6.07) is 20.9. The second kappa shape index (κ2) is 18.0. The number of nitrogens with zero attached hydrogens (tertiary/aromatic N) is 5. The number of anilines is 2. The van der Waals surface area contributed by atoms with E-state index >= 15 is 0 Å². The highest BCUT2D eigenvalue weighted by molar-refractivity contribution is 7.90. The molecular weight excluding hydrogens is 829 g/mol. The number of phenolic OH excluding ortho intramolecular Hbond substituents is 1. The maximum absolute atomic E-state index is 14.5. The number of nitro groups is 1. The topological polar surface area (TPSA) is 161 Å². The Hall–Kier alpha value is -4.90. The fourth-order valence-corrected chi connectivity index (χ4v) is 9.50. The van der Waals surface area contributed by atoms with Crippen LogP contribution in [0.3, 0.4) is 0 Å². The van der Waals surface area contributed by atoms with Crippen LogP contribution in [-0.2, 0) is 10.0 Å². The van der Waals surface area contributed by atoms with Crippen LogP contribution in [0.1, 0.15) is 49.0 Å². The van der Waals surface area contributed by atoms with Gasteiger partial charge in [0.15, 0.2) is 11.4 Å². The Kier molecular flexibility index (Phi) is 12.9. The molecule has 0 unspecified atom stereocenters. The Bertz CT molecular complexity index is 2380. The molecule has 2 heterocycles. The monoisotopic (exact) mass is 877 g/mol. The lowest BCUT2D eigenvalue weighted by Gasteiger charge is -2.39. The first kappa shape index (κ1) is 43.2. The maximum atomic E-state index is 14.5. The van der Waals surface area contributed by atoms with Gasteiger partial charge >= 0.3 is 5.69 Å². The molecule has 7 rings (SSSR count). The third-order valence-electron chi connectivity index (χ3n) is 11.3. The number of carbonyl (C=O) groups excluding carboxylic acids is 1. The second-order valence-electron chi connectivity index (χ2n) is 16.3. The molecule has 2 fully saturated rings. The summed E-state index contributed by atoms with van der Waals surface area (Å²) in [7, 11) is -2.82. The van der Waals surface area contributed by atoms with Crippen molar-refractivity contribution in [3.8, 4) is 17.2 Å². The van der Waals surface area contributed by atoms with Gasteiger partial charge in [-0.3, -0.25) is 19.8 Å². The Morgan fingerprint density at radius 1 is 0.917 bits per heavy atom. The molecule has 0 bridgehead atoms. The minimum atomic E-state index is -4.80. The molecule has 4 aromatic rings. The fraction of sp³-hybridized carbons (Fsp3) is 0.372. The number of halogens is 2. The third kappa shape index (κ3) is 9.99. The van der Waals surface area contributed by atoms with Crippen molar-refractivity contribution in [1.82, 2.24) is 19.5 Å². The number of hydrogen-bond donors (Lipinski definition) is 3. The van der Waals surface area contributed by atoms with Crippen molar-refractivity contribution in [2.75, 3.05) is 76.3 Å². The Labute approximate surface area is 360 Å². The Morgan fingerprint density at radius 2 is 1.60 bits per heavy atom. The normalized spacial score (nSPS) is 18.0. The van der Waals surface area contributed by atoms with E-state index in [0.29, 0.717) is 50.8 Å². The smallest absolute Gasteiger partial charge is 0.322 e. The number of carbonyl (C=O) groups is 1. The molecule has 3 N–H and O–H groups in total. The summed E-state index contributed by atoms with van der Waals surface area (Å²) < 4.78 is 37.4. The first-order valence-corrected chi connectivity index (χ1v) is 22.1. The average molecular weight is 879 g/mol. The quantitative estimate of drug-likeness (QED) is 0.0935. The van der Waals surface area contributed by atoms with Gasteiger partial charge < -0.3 is 25.1 Å². The van der Waals surface area contributed by atoms with Crippen molar-refractivity contribution in [3.63, 3.8) is 0 Å². The van der Waals surface area contributed by atoms with Gasteiger partial charge in [0.2, 0.25) is 0 Å². The van der Waals surface area contributed by atoms with Crippen LogP contribution in [0.15, 0.2) is 89.3 Å². The van der Waals surface area contributed by atoms with Gasteiger partial charge in [-0.25, -0.2) is 18.1 Å². The van der Waals surface area contributed by atoms with E-state index in [1.165, 1.54) is 47.5 Å². The van der Waals surface area contributed by atoms with Crippen molar-refractivity contribution in [1.29, 1.82) is 0 Å². The van der Waals surface area contributed by atoms with Crippen LogP contribution < -0.4 is 19.8 Å². The van der Waals surface area contributed by atoms with Gasteiger partial charge in [-0.1, -0.05) is 73.0 Å². The molecule has 60 heavy (non-hydrogen) atoms. The molecular formula is C43H49Cl2N7O7S. The number of piperazine rings is 2. The molecule has 1 aliphatic carbocycles. The Balaban J connectivity index is 1.30. The van der Waals surface area contributed by atoms with E-state index < -0.39 is 31.4 Å². The summed E-state index contributed by atoms with van der Waals surface area (Å²) in [5, 5.41) is 26.0. The number of allylic oxidation sites excluding steroid dienone is 1. The predicted octanol–water partition coefficient (Wildman–Crippen LogP) is 7.88. The minimum Gasteiger partial charge on any atom is -0.508 e. The maximum Gasteiger partial charge on any atom is 0.322 e. The van der Waals surface area contributed by atoms with Crippen LogP contribution in [-0.4, -0.2) is 105 Å².